The van der Waals surface area contributed by atoms with Crippen molar-refractivity contribution in [1.29, 1.82) is 0 Å². The van der Waals surface area contributed by atoms with Gasteiger partial charge < -0.3 is 4.90 Å². The fraction of sp³-hybridized carbons (Fsp3) is 0.125. The van der Waals surface area contributed by atoms with E-state index in [1.54, 1.807) is 11.0 Å². The summed E-state index contributed by atoms with van der Waals surface area (Å²) in [7, 11) is 0. The number of β-lactam (4-membered cyclic amide) rings is 1. The minimum atomic E-state index is -1.12. The summed E-state index contributed by atoms with van der Waals surface area (Å²) in [6.07, 6.45) is 0. The van der Waals surface area contributed by atoms with Gasteiger partial charge in [0.05, 0.1) is 37.3 Å². The third-order valence-electron chi connectivity index (χ3n) is 6.09. The normalized spacial score (nSPS) is 19.3. The highest BCUT2D eigenvalue weighted by molar-refractivity contribution is 9.10. The average molecular weight is 678 g/mol. The Balaban J connectivity index is 1.65. The molecule has 35 heavy (non-hydrogen) atoms. The van der Waals surface area contributed by atoms with Crippen molar-refractivity contribution >= 4 is 102 Å². The summed E-state index contributed by atoms with van der Waals surface area (Å²) in [5.74, 6) is -1.92. The smallest absolute Gasteiger partial charge is 0.264 e. The van der Waals surface area contributed by atoms with Gasteiger partial charge >= 0.3 is 0 Å². The molecule has 5 rings (SSSR count). The minimum absolute atomic E-state index is 0.129. The van der Waals surface area contributed by atoms with E-state index < -0.39 is 29.8 Å². The second-order valence-electron chi connectivity index (χ2n) is 8.07. The quantitative estimate of drug-likeness (QED) is 0.123. The molecule has 3 aromatic carbocycles. The van der Waals surface area contributed by atoms with E-state index in [9.17, 15) is 14.4 Å². The number of benzene rings is 3. The number of imide groups is 1. The van der Waals surface area contributed by atoms with Crippen LogP contribution in [0.4, 0.5) is 5.69 Å². The molecule has 0 aliphatic carbocycles. The zero-order valence-corrected chi connectivity index (χ0v) is 23.8. The second-order valence-corrected chi connectivity index (χ2v) is 11.4. The Bertz CT molecular complexity index is 1430. The van der Waals surface area contributed by atoms with Crippen LogP contribution in [0.3, 0.4) is 0 Å². The Labute approximate surface area is 237 Å². The SMILES string of the molecule is Cc1cc(N2C(=O)[C@H](N3C(=O)c4c(Cl)c(Cl)c(Cl)c(Cl)c4C3=O)[C@H]2c2cccc(Br)c2)ccc1Br. The van der Waals surface area contributed by atoms with Gasteiger partial charge in [-0.3, -0.25) is 19.3 Å². The molecule has 2 aliphatic heterocycles. The van der Waals surface area contributed by atoms with Crippen molar-refractivity contribution in [3.05, 3.63) is 93.8 Å². The van der Waals surface area contributed by atoms with Crippen molar-refractivity contribution in [3.8, 4) is 0 Å². The number of carbonyl (C=O) groups is 3. The number of carbonyl (C=O) groups excluding carboxylic acids is 3. The maximum atomic E-state index is 13.6. The Morgan fingerprint density at radius 3 is 1.89 bits per heavy atom. The lowest BCUT2D eigenvalue weighted by Gasteiger charge is -2.50. The lowest BCUT2D eigenvalue weighted by Crippen LogP contribution is -2.67. The first-order valence-corrected chi connectivity index (χ1v) is 13.2. The van der Waals surface area contributed by atoms with Crippen molar-refractivity contribution in [1.82, 2.24) is 4.90 Å². The van der Waals surface area contributed by atoms with Crippen LogP contribution in [0.2, 0.25) is 20.1 Å². The lowest BCUT2D eigenvalue weighted by atomic mass is 9.86. The zero-order chi connectivity index (χ0) is 25.3. The predicted molar refractivity (Wildman–Crippen MR) is 144 cm³/mol. The molecule has 2 aliphatic rings. The summed E-state index contributed by atoms with van der Waals surface area (Å²) < 4.78 is 1.68. The lowest BCUT2D eigenvalue weighted by molar-refractivity contribution is -0.130. The van der Waals surface area contributed by atoms with Crippen LogP contribution in [-0.4, -0.2) is 28.7 Å². The van der Waals surface area contributed by atoms with Gasteiger partial charge in [0.1, 0.15) is 6.04 Å². The van der Waals surface area contributed by atoms with Crippen LogP contribution >= 0.6 is 78.3 Å². The molecule has 0 bridgehead atoms. The molecule has 178 valence electrons. The Kier molecular flexibility index (Phi) is 6.48. The van der Waals surface area contributed by atoms with E-state index in [1.165, 1.54) is 0 Å². The van der Waals surface area contributed by atoms with Crippen LogP contribution in [0, 0.1) is 6.92 Å². The van der Waals surface area contributed by atoms with Gasteiger partial charge in [-0.25, -0.2) is 0 Å². The number of aryl methyl sites for hydroxylation is 1. The van der Waals surface area contributed by atoms with E-state index in [0.717, 1.165) is 25.0 Å². The first-order valence-electron chi connectivity index (χ1n) is 10.1. The molecule has 1 saturated heterocycles. The van der Waals surface area contributed by atoms with E-state index in [4.69, 9.17) is 46.4 Å². The summed E-state index contributed by atoms with van der Waals surface area (Å²) in [6, 6.07) is 11.1. The molecular weight excluding hydrogens is 666 g/mol. The standard InChI is InChI=1S/C24H12Br2Cl4N2O3/c1-9-7-12(5-6-13(9)26)31-20(10-3-2-4-11(25)8-10)21(24(31)35)32-22(33)14-15(23(32)34)17(28)19(30)18(29)16(14)27/h2-8,20-21H,1H3/t20-,21-/m1/s1. The molecule has 5 nitrogen and oxygen atoms in total. The molecule has 2 heterocycles. The molecule has 1 fully saturated rings. The summed E-state index contributed by atoms with van der Waals surface area (Å²) in [4.78, 5) is 43.0. The maximum Gasteiger partial charge on any atom is 0.264 e. The summed E-state index contributed by atoms with van der Waals surface area (Å²) in [5.41, 5.74) is 1.98. The number of anilines is 1. The Morgan fingerprint density at radius 1 is 0.743 bits per heavy atom. The van der Waals surface area contributed by atoms with Gasteiger partial charge in [-0.15, -0.1) is 0 Å². The van der Waals surface area contributed by atoms with Gasteiger partial charge in [0.15, 0.2) is 0 Å². The molecule has 0 aromatic heterocycles. The highest BCUT2D eigenvalue weighted by atomic mass is 79.9. The summed E-state index contributed by atoms with van der Waals surface area (Å²) in [6.45, 7) is 1.91. The first-order chi connectivity index (χ1) is 16.5. The fourth-order valence-electron chi connectivity index (χ4n) is 4.43. The highest BCUT2D eigenvalue weighted by Gasteiger charge is 2.58. The van der Waals surface area contributed by atoms with Gasteiger partial charge in [0.25, 0.3) is 17.7 Å². The monoisotopic (exact) mass is 674 g/mol. The first kappa shape index (κ1) is 25.1. The van der Waals surface area contributed by atoms with Crippen LogP contribution in [0.25, 0.3) is 0 Å². The predicted octanol–water partition coefficient (Wildman–Crippen LogP) is 7.89. The van der Waals surface area contributed by atoms with Gasteiger partial charge in [-0.1, -0.05) is 90.4 Å². The molecule has 0 N–H and O–H groups in total. The largest absolute Gasteiger partial charge is 0.300 e. The molecule has 3 amide bonds. The van der Waals surface area contributed by atoms with E-state index in [1.807, 2.05) is 43.3 Å². The van der Waals surface area contributed by atoms with Crippen molar-refractivity contribution in [3.63, 3.8) is 0 Å². The number of amides is 3. The van der Waals surface area contributed by atoms with Crippen molar-refractivity contribution < 1.29 is 14.4 Å². The third kappa shape index (κ3) is 3.74. The van der Waals surface area contributed by atoms with Crippen LogP contribution in [0.5, 0.6) is 0 Å². The molecule has 0 unspecified atom stereocenters. The van der Waals surface area contributed by atoms with E-state index in [-0.39, 0.29) is 31.2 Å². The molecular formula is C24H12Br2Cl4N2O3. The van der Waals surface area contributed by atoms with Gasteiger partial charge in [0, 0.05) is 14.6 Å². The molecule has 0 radical (unpaired) electrons. The third-order valence-corrected chi connectivity index (χ3v) is 9.27. The molecule has 0 spiro atoms. The zero-order valence-electron chi connectivity index (χ0n) is 17.6. The van der Waals surface area contributed by atoms with E-state index in [0.29, 0.717) is 5.69 Å². The fourth-order valence-corrected chi connectivity index (χ4v) is 6.11. The molecule has 11 heteroatoms. The van der Waals surface area contributed by atoms with Crippen molar-refractivity contribution in [2.45, 2.75) is 19.0 Å². The maximum absolute atomic E-state index is 13.6. The number of nitrogens with zero attached hydrogens (tertiary/aromatic N) is 2. The van der Waals surface area contributed by atoms with Crippen LogP contribution in [-0.2, 0) is 4.79 Å². The summed E-state index contributed by atoms with van der Waals surface area (Å²) in [5, 5.41) is -0.614. The highest BCUT2D eigenvalue weighted by Crippen LogP contribution is 2.49. The van der Waals surface area contributed by atoms with E-state index >= 15 is 0 Å². The van der Waals surface area contributed by atoms with Crippen LogP contribution < -0.4 is 4.90 Å². The van der Waals surface area contributed by atoms with Crippen LogP contribution in [0.1, 0.15) is 37.9 Å². The Morgan fingerprint density at radius 2 is 1.34 bits per heavy atom. The number of halogens is 6. The molecule has 3 aromatic rings. The van der Waals surface area contributed by atoms with Crippen molar-refractivity contribution in [2.24, 2.45) is 0 Å². The average Bonchev–Trinajstić information content (AvgIpc) is 3.07. The Hall–Kier alpha value is -1.61. The van der Waals surface area contributed by atoms with Crippen LogP contribution in [0.15, 0.2) is 51.4 Å². The van der Waals surface area contributed by atoms with Gasteiger partial charge in [-0.05, 0) is 48.4 Å². The molecule has 0 saturated carbocycles. The number of hydrogen-bond acceptors (Lipinski definition) is 3. The minimum Gasteiger partial charge on any atom is -0.300 e. The van der Waals surface area contributed by atoms with Gasteiger partial charge in [0.2, 0.25) is 0 Å². The van der Waals surface area contributed by atoms with Crippen molar-refractivity contribution in [2.75, 3.05) is 4.90 Å². The number of hydrogen-bond donors (Lipinski definition) is 0. The number of fused-ring (bicyclic) bond motifs is 1. The topological polar surface area (TPSA) is 57.7 Å². The summed E-state index contributed by atoms with van der Waals surface area (Å²) >= 11 is 31.8. The van der Waals surface area contributed by atoms with Gasteiger partial charge in [-0.2, -0.15) is 0 Å². The van der Waals surface area contributed by atoms with E-state index in [2.05, 4.69) is 31.9 Å². The molecule has 2 atom stereocenters. The second kappa shape index (κ2) is 9.05. The number of rotatable bonds is 3.